The van der Waals surface area contributed by atoms with Crippen LogP contribution < -0.4 is 9.47 Å². The second-order valence-corrected chi connectivity index (χ2v) is 4.79. The van der Waals surface area contributed by atoms with Gasteiger partial charge in [0.25, 0.3) is 5.79 Å². The van der Waals surface area contributed by atoms with Crippen LogP contribution in [0.25, 0.3) is 0 Å². The summed E-state index contributed by atoms with van der Waals surface area (Å²) in [6.07, 6.45) is 5.96. The normalized spacial score (nSPS) is 20.2. The zero-order valence-electron chi connectivity index (χ0n) is 9.74. The Morgan fingerprint density at radius 1 is 1.12 bits per heavy atom. The van der Waals surface area contributed by atoms with Crippen molar-refractivity contribution in [3.05, 3.63) is 23.8 Å². The predicted molar refractivity (Wildman–Crippen MR) is 62.8 cm³/mol. The zero-order valence-corrected chi connectivity index (χ0v) is 9.74. The molecule has 1 aliphatic heterocycles. The van der Waals surface area contributed by atoms with Gasteiger partial charge in [-0.3, -0.25) is 0 Å². The molecular formula is C14H15NO2. The number of nitrogens with zero attached hydrogens (tertiary/aromatic N) is 1. The van der Waals surface area contributed by atoms with Crippen LogP contribution in [0.3, 0.4) is 0 Å². The molecule has 0 bridgehead atoms. The molecule has 88 valence electrons. The molecule has 1 saturated carbocycles. The summed E-state index contributed by atoms with van der Waals surface area (Å²) in [5.41, 5.74) is 0.989. The Bertz CT molecular complexity index is 470. The minimum absolute atomic E-state index is 0.411. The maximum Gasteiger partial charge on any atom is 0.251 e. The maximum atomic E-state index is 8.69. The van der Waals surface area contributed by atoms with Crippen molar-refractivity contribution in [2.75, 3.05) is 0 Å². The summed E-state index contributed by atoms with van der Waals surface area (Å²) in [5.74, 6) is 1.22. The van der Waals surface area contributed by atoms with E-state index in [-0.39, 0.29) is 0 Å². The molecule has 0 aromatic heterocycles. The van der Waals surface area contributed by atoms with Crippen molar-refractivity contribution in [2.24, 2.45) is 0 Å². The number of hydrogen-bond donors (Lipinski definition) is 0. The lowest BCUT2D eigenvalue weighted by atomic mass is 9.94. The molecule has 0 atom stereocenters. The third-order valence-corrected chi connectivity index (χ3v) is 3.50. The summed E-state index contributed by atoms with van der Waals surface area (Å²) in [6.45, 7) is 0. The minimum Gasteiger partial charge on any atom is -0.448 e. The lowest BCUT2D eigenvalue weighted by molar-refractivity contribution is -0.105. The first-order valence-electron chi connectivity index (χ1n) is 6.19. The van der Waals surface area contributed by atoms with E-state index in [9.17, 15) is 0 Å². The third kappa shape index (κ3) is 1.84. The molecule has 1 heterocycles. The summed E-state index contributed by atoms with van der Waals surface area (Å²) < 4.78 is 12.0. The molecule has 1 fully saturated rings. The van der Waals surface area contributed by atoms with Crippen LogP contribution in [-0.2, 0) is 6.42 Å². The van der Waals surface area contributed by atoms with Gasteiger partial charge in [-0.15, -0.1) is 0 Å². The van der Waals surface area contributed by atoms with Gasteiger partial charge >= 0.3 is 0 Å². The van der Waals surface area contributed by atoms with Crippen molar-refractivity contribution >= 4 is 0 Å². The Balaban J connectivity index is 1.85. The van der Waals surface area contributed by atoms with E-state index in [1.807, 2.05) is 18.2 Å². The molecule has 0 unspecified atom stereocenters. The molecule has 1 aromatic rings. The van der Waals surface area contributed by atoms with E-state index in [0.29, 0.717) is 6.42 Å². The SMILES string of the molecule is N#CCc1ccc2c(c1)OC1(CCCCC1)O2. The quantitative estimate of drug-likeness (QED) is 0.742. The molecule has 3 rings (SSSR count). The van der Waals surface area contributed by atoms with Gasteiger partial charge in [-0.05, 0) is 30.5 Å². The van der Waals surface area contributed by atoms with Crippen molar-refractivity contribution in [1.82, 2.24) is 0 Å². The Kier molecular flexibility index (Phi) is 2.44. The van der Waals surface area contributed by atoms with Gasteiger partial charge in [-0.1, -0.05) is 12.5 Å². The van der Waals surface area contributed by atoms with E-state index in [4.69, 9.17) is 14.7 Å². The molecule has 0 saturated heterocycles. The molecule has 3 heteroatoms. The van der Waals surface area contributed by atoms with Crippen LogP contribution in [0.2, 0.25) is 0 Å². The lowest BCUT2D eigenvalue weighted by Crippen LogP contribution is -2.40. The number of ether oxygens (including phenoxy) is 2. The smallest absolute Gasteiger partial charge is 0.251 e. The first-order chi connectivity index (χ1) is 8.31. The lowest BCUT2D eigenvalue weighted by Gasteiger charge is -2.31. The Hall–Kier alpha value is -1.69. The van der Waals surface area contributed by atoms with Crippen molar-refractivity contribution in [1.29, 1.82) is 5.26 Å². The van der Waals surface area contributed by atoms with Crippen LogP contribution in [0, 0.1) is 11.3 Å². The highest BCUT2D eigenvalue weighted by atomic mass is 16.7. The van der Waals surface area contributed by atoms with E-state index in [1.54, 1.807) is 0 Å². The molecule has 2 aliphatic rings. The molecule has 3 nitrogen and oxygen atoms in total. The van der Waals surface area contributed by atoms with Gasteiger partial charge in [-0.2, -0.15) is 5.26 Å². The van der Waals surface area contributed by atoms with E-state index >= 15 is 0 Å². The van der Waals surface area contributed by atoms with Crippen LogP contribution in [0.15, 0.2) is 18.2 Å². The fourth-order valence-electron chi connectivity index (χ4n) is 2.63. The molecule has 17 heavy (non-hydrogen) atoms. The monoisotopic (exact) mass is 229 g/mol. The summed E-state index contributed by atoms with van der Waals surface area (Å²) >= 11 is 0. The highest BCUT2D eigenvalue weighted by molar-refractivity contribution is 5.46. The maximum absolute atomic E-state index is 8.69. The number of nitriles is 1. The van der Waals surface area contributed by atoms with Gasteiger partial charge < -0.3 is 9.47 Å². The van der Waals surface area contributed by atoms with Gasteiger partial charge in [0.2, 0.25) is 0 Å². The van der Waals surface area contributed by atoms with Gasteiger partial charge in [0.05, 0.1) is 12.5 Å². The van der Waals surface area contributed by atoms with Gasteiger partial charge in [0.1, 0.15) is 0 Å². The second-order valence-electron chi connectivity index (χ2n) is 4.79. The van der Waals surface area contributed by atoms with Crippen LogP contribution >= 0.6 is 0 Å². The van der Waals surface area contributed by atoms with E-state index in [0.717, 1.165) is 29.9 Å². The molecular weight excluding hydrogens is 214 g/mol. The van der Waals surface area contributed by atoms with Crippen LogP contribution in [0.4, 0.5) is 0 Å². The Morgan fingerprint density at radius 3 is 2.65 bits per heavy atom. The fourth-order valence-corrected chi connectivity index (χ4v) is 2.63. The predicted octanol–water partition coefficient (Wildman–Crippen LogP) is 3.18. The van der Waals surface area contributed by atoms with Crippen molar-refractivity contribution < 1.29 is 9.47 Å². The van der Waals surface area contributed by atoms with Gasteiger partial charge in [0.15, 0.2) is 11.5 Å². The summed E-state index contributed by atoms with van der Waals surface area (Å²) in [4.78, 5) is 0. The topological polar surface area (TPSA) is 42.2 Å². The number of benzene rings is 1. The van der Waals surface area contributed by atoms with E-state index in [1.165, 1.54) is 19.3 Å². The molecule has 1 spiro atoms. The van der Waals surface area contributed by atoms with Crippen molar-refractivity contribution in [3.63, 3.8) is 0 Å². The van der Waals surface area contributed by atoms with E-state index < -0.39 is 5.79 Å². The fraction of sp³-hybridized carbons (Fsp3) is 0.500. The standard InChI is InChI=1S/C14H15NO2/c15-9-6-11-4-5-12-13(10-11)17-14(16-12)7-2-1-3-8-14/h4-5,10H,1-3,6-8H2. The summed E-state index contributed by atoms with van der Waals surface area (Å²) in [7, 11) is 0. The van der Waals surface area contributed by atoms with Gasteiger partial charge in [-0.25, -0.2) is 0 Å². The first-order valence-corrected chi connectivity index (χ1v) is 6.19. The van der Waals surface area contributed by atoms with E-state index in [2.05, 4.69) is 6.07 Å². The third-order valence-electron chi connectivity index (χ3n) is 3.50. The molecule has 1 aromatic carbocycles. The van der Waals surface area contributed by atoms with Crippen LogP contribution in [0.1, 0.15) is 37.7 Å². The number of rotatable bonds is 1. The molecule has 1 aliphatic carbocycles. The Morgan fingerprint density at radius 2 is 1.88 bits per heavy atom. The molecule has 0 radical (unpaired) electrons. The largest absolute Gasteiger partial charge is 0.448 e. The summed E-state index contributed by atoms with van der Waals surface area (Å²) in [6, 6.07) is 7.94. The van der Waals surface area contributed by atoms with Crippen LogP contribution in [-0.4, -0.2) is 5.79 Å². The highest BCUT2D eigenvalue weighted by Gasteiger charge is 2.42. The second kappa shape index (κ2) is 3.96. The Labute approximate surface area is 101 Å². The first kappa shape index (κ1) is 10.5. The molecule has 0 N–H and O–H groups in total. The molecule has 0 amide bonds. The summed E-state index contributed by atoms with van der Waals surface area (Å²) in [5, 5.41) is 8.69. The average Bonchev–Trinajstić information content (AvgIpc) is 2.67. The average molecular weight is 229 g/mol. The highest BCUT2D eigenvalue weighted by Crippen LogP contribution is 2.45. The van der Waals surface area contributed by atoms with Crippen molar-refractivity contribution in [2.45, 2.75) is 44.3 Å². The van der Waals surface area contributed by atoms with Crippen LogP contribution in [0.5, 0.6) is 11.5 Å². The van der Waals surface area contributed by atoms with Gasteiger partial charge in [0, 0.05) is 12.8 Å². The van der Waals surface area contributed by atoms with Crippen molar-refractivity contribution in [3.8, 4) is 17.6 Å². The number of fused-ring (bicyclic) bond motifs is 1. The number of hydrogen-bond acceptors (Lipinski definition) is 3. The minimum atomic E-state index is -0.411. The zero-order chi connectivity index (χ0) is 11.7.